The monoisotopic (exact) mass is 357 g/mol. The van der Waals surface area contributed by atoms with Gasteiger partial charge in [0.2, 0.25) is 5.91 Å². The van der Waals surface area contributed by atoms with Crippen LogP contribution >= 0.6 is 11.8 Å². The SMILES string of the molecule is O=C(CSc1ccccc1)NCc1cccnc1N1CCC[C@@H](O)C1. The van der Waals surface area contributed by atoms with Crippen LogP contribution in [-0.4, -0.2) is 40.9 Å². The lowest BCUT2D eigenvalue weighted by Crippen LogP contribution is -2.39. The Hall–Kier alpha value is -2.05. The van der Waals surface area contributed by atoms with Crippen molar-refractivity contribution in [2.24, 2.45) is 0 Å². The zero-order chi connectivity index (χ0) is 17.5. The molecule has 0 spiro atoms. The molecule has 1 aliphatic rings. The third-order valence-corrected chi connectivity index (χ3v) is 5.16. The van der Waals surface area contributed by atoms with Gasteiger partial charge in [0.1, 0.15) is 5.82 Å². The van der Waals surface area contributed by atoms with Crippen molar-refractivity contribution >= 4 is 23.5 Å². The number of pyridine rings is 1. The third kappa shape index (κ3) is 5.21. The van der Waals surface area contributed by atoms with Gasteiger partial charge < -0.3 is 15.3 Å². The first kappa shape index (κ1) is 17.8. The molecular weight excluding hydrogens is 334 g/mol. The van der Waals surface area contributed by atoms with Crippen LogP contribution in [0.4, 0.5) is 5.82 Å². The summed E-state index contributed by atoms with van der Waals surface area (Å²) in [6.45, 7) is 1.94. The van der Waals surface area contributed by atoms with E-state index in [4.69, 9.17) is 0 Å². The van der Waals surface area contributed by atoms with Crippen molar-refractivity contribution in [2.75, 3.05) is 23.7 Å². The standard InChI is InChI=1S/C19H23N3O2S/c23-16-7-5-11-22(13-16)19-15(6-4-10-20-19)12-21-18(24)14-25-17-8-2-1-3-9-17/h1-4,6,8-10,16,23H,5,7,11-14H2,(H,21,24)/t16-/m1/s1. The molecule has 0 aliphatic carbocycles. The first-order valence-electron chi connectivity index (χ1n) is 8.54. The van der Waals surface area contributed by atoms with Crippen LogP contribution in [0.15, 0.2) is 53.6 Å². The molecule has 132 valence electrons. The highest BCUT2D eigenvalue weighted by Crippen LogP contribution is 2.22. The second kappa shape index (κ2) is 8.87. The Morgan fingerprint density at radius 1 is 1.28 bits per heavy atom. The number of piperidine rings is 1. The molecule has 6 heteroatoms. The Morgan fingerprint density at radius 2 is 2.12 bits per heavy atom. The van der Waals surface area contributed by atoms with E-state index in [1.807, 2.05) is 42.5 Å². The smallest absolute Gasteiger partial charge is 0.230 e. The second-order valence-electron chi connectivity index (χ2n) is 6.11. The zero-order valence-electron chi connectivity index (χ0n) is 14.1. The number of carbonyl (C=O) groups excluding carboxylic acids is 1. The van der Waals surface area contributed by atoms with Gasteiger partial charge in [0.05, 0.1) is 11.9 Å². The number of anilines is 1. The molecule has 1 saturated heterocycles. The minimum absolute atomic E-state index is 0.00216. The predicted octanol–water partition coefficient (Wildman–Crippen LogP) is 2.45. The molecule has 3 rings (SSSR count). The highest BCUT2D eigenvalue weighted by atomic mass is 32.2. The molecule has 1 fully saturated rings. The van der Waals surface area contributed by atoms with E-state index < -0.39 is 0 Å². The van der Waals surface area contributed by atoms with Crippen molar-refractivity contribution in [1.29, 1.82) is 0 Å². The van der Waals surface area contributed by atoms with Crippen LogP contribution in [0, 0.1) is 0 Å². The quantitative estimate of drug-likeness (QED) is 0.778. The Bertz CT molecular complexity index is 696. The van der Waals surface area contributed by atoms with Crippen LogP contribution in [-0.2, 0) is 11.3 Å². The van der Waals surface area contributed by atoms with E-state index in [9.17, 15) is 9.90 Å². The maximum Gasteiger partial charge on any atom is 0.230 e. The number of benzene rings is 1. The normalized spacial score (nSPS) is 17.3. The number of carbonyl (C=O) groups is 1. The molecule has 1 aromatic carbocycles. The van der Waals surface area contributed by atoms with Crippen LogP contribution < -0.4 is 10.2 Å². The number of hydrogen-bond donors (Lipinski definition) is 2. The summed E-state index contributed by atoms with van der Waals surface area (Å²) in [5.41, 5.74) is 0.981. The number of thioether (sulfide) groups is 1. The minimum atomic E-state index is -0.305. The summed E-state index contributed by atoms with van der Waals surface area (Å²) in [6.07, 6.45) is 3.25. The van der Waals surface area contributed by atoms with Crippen molar-refractivity contribution in [2.45, 2.75) is 30.4 Å². The average Bonchev–Trinajstić information content (AvgIpc) is 2.66. The van der Waals surface area contributed by atoms with Crippen molar-refractivity contribution in [3.05, 3.63) is 54.2 Å². The molecule has 1 amide bonds. The summed E-state index contributed by atoms with van der Waals surface area (Å²) in [5, 5.41) is 12.9. The van der Waals surface area contributed by atoms with Gasteiger partial charge in [-0.05, 0) is 31.0 Å². The van der Waals surface area contributed by atoms with Gasteiger partial charge in [0.25, 0.3) is 0 Å². The molecule has 0 saturated carbocycles. The molecule has 2 heterocycles. The summed E-state index contributed by atoms with van der Waals surface area (Å²) in [5.74, 6) is 1.25. The topological polar surface area (TPSA) is 65.5 Å². The Balaban J connectivity index is 1.55. The van der Waals surface area contributed by atoms with Gasteiger partial charge in [-0.25, -0.2) is 4.98 Å². The highest BCUT2D eigenvalue weighted by molar-refractivity contribution is 8.00. The molecule has 1 aromatic heterocycles. The fraction of sp³-hybridized carbons (Fsp3) is 0.368. The van der Waals surface area contributed by atoms with E-state index in [0.29, 0.717) is 18.8 Å². The fourth-order valence-corrected chi connectivity index (χ4v) is 3.66. The third-order valence-electron chi connectivity index (χ3n) is 4.15. The first-order chi connectivity index (χ1) is 12.2. The van der Waals surface area contributed by atoms with Crippen molar-refractivity contribution in [3.8, 4) is 0 Å². The molecule has 0 unspecified atom stereocenters. The van der Waals surface area contributed by atoms with E-state index in [0.717, 1.165) is 35.7 Å². The van der Waals surface area contributed by atoms with E-state index in [2.05, 4.69) is 15.2 Å². The van der Waals surface area contributed by atoms with Gasteiger partial charge >= 0.3 is 0 Å². The predicted molar refractivity (Wildman–Crippen MR) is 101 cm³/mol. The number of rotatable bonds is 6. The molecule has 1 atom stereocenters. The van der Waals surface area contributed by atoms with Crippen molar-refractivity contribution in [1.82, 2.24) is 10.3 Å². The molecular formula is C19H23N3O2S. The number of nitrogens with zero attached hydrogens (tertiary/aromatic N) is 2. The largest absolute Gasteiger partial charge is 0.391 e. The maximum absolute atomic E-state index is 12.1. The maximum atomic E-state index is 12.1. The van der Waals surface area contributed by atoms with E-state index in [1.165, 1.54) is 11.8 Å². The lowest BCUT2D eigenvalue weighted by Gasteiger charge is -2.32. The number of aliphatic hydroxyl groups is 1. The van der Waals surface area contributed by atoms with Gasteiger partial charge in [-0.2, -0.15) is 0 Å². The second-order valence-corrected chi connectivity index (χ2v) is 7.16. The number of amides is 1. The summed E-state index contributed by atoms with van der Waals surface area (Å²) < 4.78 is 0. The Labute approximate surface area is 152 Å². The number of aliphatic hydroxyl groups excluding tert-OH is 1. The van der Waals surface area contributed by atoms with E-state index in [-0.39, 0.29) is 12.0 Å². The van der Waals surface area contributed by atoms with Crippen LogP contribution in [0.2, 0.25) is 0 Å². The zero-order valence-corrected chi connectivity index (χ0v) is 14.9. The Morgan fingerprint density at radius 3 is 2.92 bits per heavy atom. The summed E-state index contributed by atoms with van der Waals surface area (Å²) >= 11 is 1.53. The lowest BCUT2D eigenvalue weighted by atomic mass is 10.1. The number of β-amino-alcohol motifs (C(OH)–C–C–N with tert-alkyl or cyclic N) is 1. The van der Waals surface area contributed by atoms with Gasteiger partial charge in [-0.3, -0.25) is 4.79 Å². The van der Waals surface area contributed by atoms with E-state index in [1.54, 1.807) is 6.20 Å². The number of hydrogen-bond acceptors (Lipinski definition) is 5. The molecule has 0 bridgehead atoms. The molecule has 2 N–H and O–H groups in total. The summed E-state index contributed by atoms with van der Waals surface area (Å²) in [7, 11) is 0. The molecule has 5 nitrogen and oxygen atoms in total. The number of nitrogens with one attached hydrogen (secondary N) is 1. The van der Waals surface area contributed by atoms with Crippen molar-refractivity contribution < 1.29 is 9.90 Å². The van der Waals surface area contributed by atoms with Crippen LogP contribution in [0.5, 0.6) is 0 Å². The Kier molecular flexibility index (Phi) is 6.30. The minimum Gasteiger partial charge on any atom is -0.391 e. The van der Waals surface area contributed by atoms with Crippen LogP contribution in [0.1, 0.15) is 18.4 Å². The average molecular weight is 357 g/mol. The molecule has 25 heavy (non-hydrogen) atoms. The van der Waals surface area contributed by atoms with Crippen LogP contribution in [0.3, 0.4) is 0 Å². The first-order valence-corrected chi connectivity index (χ1v) is 9.52. The van der Waals surface area contributed by atoms with Crippen LogP contribution in [0.25, 0.3) is 0 Å². The van der Waals surface area contributed by atoms with Gasteiger partial charge in [0.15, 0.2) is 0 Å². The number of aromatic nitrogens is 1. The van der Waals surface area contributed by atoms with Gasteiger partial charge in [0, 0.05) is 36.3 Å². The lowest BCUT2D eigenvalue weighted by molar-refractivity contribution is -0.118. The molecule has 0 radical (unpaired) electrons. The summed E-state index contributed by atoms with van der Waals surface area (Å²) in [4.78, 5) is 19.8. The highest BCUT2D eigenvalue weighted by Gasteiger charge is 2.20. The molecule has 2 aromatic rings. The molecule has 1 aliphatic heterocycles. The summed E-state index contributed by atoms with van der Waals surface area (Å²) in [6, 6.07) is 13.8. The van der Waals surface area contributed by atoms with E-state index >= 15 is 0 Å². The fourth-order valence-electron chi connectivity index (χ4n) is 2.91. The van der Waals surface area contributed by atoms with Gasteiger partial charge in [-0.1, -0.05) is 24.3 Å². The van der Waals surface area contributed by atoms with Crippen molar-refractivity contribution in [3.63, 3.8) is 0 Å². The van der Waals surface area contributed by atoms with Gasteiger partial charge in [-0.15, -0.1) is 11.8 Å².